The maximum Gasteiger partial charge on any atom is 0.336 e. The molecule has 0 saturated heterocycles. The van der Waals surface area contributed by atoms with E-state index in [1.54, 1.807) is 25.1 Å². The molecule has 30 heavy (non-hydrogen) atoms. The van der Waals surface area contributed by atoms with Crippen LogP contribution in [0, 0.1) is 6.92 Å². The molecule has 156 valence electrons. The monoisotopic (exact) mass is 409 g/mol. The number of nitrogens with one attached hydrogen (secondary N) is 1. The van der Waals surface area contributed by atoms with Crippen LogP contribution in [0.2, 0.25) is 0 Å². The largest absolute Gasteiger partial charge is 0.481 e. The summed E-state index contributed by atoms with van der Waals surface area (Å²) in [6.45, 7) is 3.39. The van der Waals surface area contributed by atoms with E-state index in [-0.39, 0.29) is 0 Å². The van der Waals surface area contributed by atoms with E-state index in [1.165, 1.54) is 13.2 Å². The second-order valence-corrected chi connectivity index (χ2v) is 6.94. The summed E-state index contributed by atoms with van der Waals surface area (Å²) in [6, 6.07) is 14.9. The van der Waals surface area contributed by atoms with E-state index >= 15 is 0 Å². The van der Waals surface area contributed by atoms with Crippen LogP contribution in [-0.2, 0) is 20.7 Å². The molecule has 0 bridgehead atoms. The van der Waals surface area contributed by atoms with E-state index < -0.39 is 29.6 Å². The highest BCUT2D eigenvalue weighted by Crippen LogP contribution is 2.23. The molecule has 7 heteroatoms. The Hall–Kier alpha value is -3.61. The highest BCUT2D eigenvalue weighted by Gasteiger charge is 2.25. The third-order valence-electron chi connectivity index (χ3n) is 4.69. The first-order valence-electron chi connectivity index (χ1n) is 9.50. The van der Waals surface area contributed by atoms with Crippen molar-refractivity contribution in [1.82, 2.24) is 5.32 Å². The SMILES string of the molecule is COC(=O)[C@H](Cc1ccccc1)NC(=O)[C@H](C)Oc1ccc2c(C)cc(=O)oc2c1. The van der Waals surface area contributed by atoms with Crippen LogP contribution in [0.3, 0.4) is 0 Å². The zero-order valence-electron chi connectivity index (χ0n) is 17.0. The van der Waals surface area contributed by atoms with Crippen molar-refractivity contribution in [1.29, 1.82) is 0 Å². The Morgan fingerprint density at radius 2 is 1.83 bits per heavy atom. The topological polar surface area (TPSA) is 94.8 Å². The van der Waals surface area contributed by atoms with E-state index in [0.29, 0.717) is 17.8 Å². The normalized spacial score (nSPS) is 12.8. The van der Waals surface area contributed by atoms with Gasteiger partial charge in [-0.1, -0.05) is 30.3 Å². The van der Waals surface area contributed by atoms with Gasteiger partial charge in [-0.2, -0.15) is 0 Å². The van der Waals surface area contributed by atoms with Crippen LogP contribution in [0.1, 0.15) is 18.1 Å². The minimum absolute atomic E-state index is 0.298. The predicted octanol–water partition coefficient (Wildman–Crippen LogP) is 2.77. The Labute approximate surface area is 173 Å². The lowest BCUT2D eigenvalue weighted by molar-refractivity contribution is -0.145. The van der Waals surface area contributed by atoms with E-state index in [2.05, 4.69) is 5.32 Å². The van der Waals surface area contributed by atoms with Gasteiger partial charge in [0, 0.05) is 23.9 Å². The standard InChI is InChI=1S/C23H23NO6/c1-14-11-21(25)30-20-13-17(9-10-18(14)20)29-15(2)22(26)24-19(23(27)28-3)12-16-7-5-4-6-8-16/h4-11,13,15,19H,12H2,1-3H3,(H,24,26)/t15-,19-/m0/s1. The summed E-state index contributed by atoms with van der Waals surface area (Å²) in [7, 11) is 1.28. The van der Waals surface area contributed by atoms with Crippen molar-refractivity contribution in [3.63, 3.8) is 0 Å². The molecule has 0 unspecified atom stereocenters. The Balaban J connectivity index is 1.71. The molecule has 1 heterocycles. The molecule has 0 aliphatic heterocycles. The molecule has 0 fully saturated rings. The Kier molecular flexibility index (Phi) is 6.51. The van der Waals surface area contributed by atoms with Gasteiger partial charge in [-0.15, -0.1) is 0 Å². The molecule has 2 atom stereocenters. The zero-order chi connectivity index (χ0) is 21.7. The molecule has 0 spiro atoms. The van der Waals surface area contributed by atoms with E-state index in [0.717, 1.165) is 16.5 Å². The van der Waals surface area contributed by atoms with Crippen molar-refractivity contribution < 1.29 is 23.5 Å². The first kappa shape index (κ1) is 21.1. The van der Waals surface area contributed by atoms with Gasteiger partial charge in [0.1, 0.15) is 17.4 Å². The highest BCUT2D eigenvalue weighted by molar-refractivity contribution is 5.87. The van der Waals surface area contributed by atoms with Gasteiger partial charge in [0.05, 0.1) is 7.11 Å². The van der Waals surface area contributed by atoms with E-state index in [4.69, 9.17) is 13.9 Å². The van der Waals surface area contributed by atoms with Crippen LogP contribution >= 0.6 is 0 Å². The van der Waals surface area contributed by atoms with Crippen molar-refractivity contribution in [3.8, 4) is 5.75 Å². The number of methoxy groups -OCH3 is 1. The Morgan fingerprint density at radius 1 is 1.10 bits per heavy atom. The first-order valence-corrected chi connectivity index (χ1v) is 9.50. The lowest BCUT2D eigenvalue weighted by Gasteiger charge is -2.20. The van der Waals surface area contributed by atoms with Gasteiger partial charge in [-0.25, -0.2) is 9.59 Å². The zero-order valence-corrected chi connectivity index (χ0v) is 17.0. The number of carbonyl (C=O) groups is 2. The lowest BCUT2D eigenvalue weighted by atomic mass is 10.1. The number of amides is 1. The smallest absolute Gasteiger partial charge is 0.336 e. The number of aryl methyl sites for hydroxylation is 1. The van der Waals surface area contributed by atoms with Gasteiger partial charge >= 0.3 is 11.6 Å². The van der Waals surface area contributed by atoms with E-state index in [9.17, 15) is 14.4 Å². The second kappa shape index (κ2) is 9.26. The van der Waals surface area contributed by atoms with E-state index in [1.807, 2.05) is 37.3 Å². The molecule has 1 aromatic heterocycles. The summed E-state index contributed by atoms with van der Waals surface area (Å²) in [5, 5.41) is 3.46. The van der Waals surface area contributed by atoms with Gasteiger partial charge < -0.3 is 19.2 Å². The number of hydrogen-bond donors (Lipinski definition) is 1. The quantitative estimate of drug-likeness (QED) is 0.476. The number of hydrogen-bond acceptors (Lipinski definition) is 6. The van der Waals surface area contributed by atoms with Gasteiger partial charge in [-0.3, -0.25) is 4.79 Å². The Morgan fingerprint density at radius 3 is 2.53 bits per heavy atom. The highest BCUT2D eigenvalue weighted by atomic mass is 16.5. The lowest BCUT2D eigenvalue weighted by Crippen LogP contribution is -2.47. The second-order valence-electron chi connectivity index (χ2n) is 6.94. The van der Waals surface area contributed by atoms with Crippen LogP contribution in [0.5, 0.6) is 5.75 Å². The number of ether oxygens (including phenoxy) is 2. The fraction of sp³-hybridized carbons (Fsp3) is 0.261. The molecule has 1 N–H and O–H groups in total. The summed E-state index contributed by atoms with van der Waals surface area (Å²) in [6.07, 6.45) is -0.589. The predicted molar refractivity (Wildman–Crippen MR) is 111 cm³/mol. The molecular formula is C23H23NO6. The van der Waals surface area contributed by atoms with Crippen molar-refractivity contribution in [2.45, 2.75) is 32.4 Å². The molecule has 0 radical (unpaired) electrons. The van der Waals surface area contributed by atoms with Crippen molar-refractivity contribution in [3.05, 3.63) is 76.1 Å². The van der Waals surface area contributed by atoms with Gasteiger partial charge in [0.25, 0.3) is 5.91 Å². The number of benzene rings is 2. The van der Waals surface area contributed by atoms with Gasteiger partial charge in [0.15, 0.2) is 6.10 Å². The fourth-order valence-corrected chi connectivity index (χ4v) is 3.11. The molecule has 2 aromatic carbocycles. The molecule has 0 aliphatic carbocycles. The average Bonchev–Trinajstić information content (AvgIpc) is 2.72. The minimum Gasteiger partial charge on any atom is -0.481 e. The van der Waals surface area contributed by atoms with Crippen LogP contribution in [0.25, 0.3) is 11.0 Å². The summed E-state index contributed by atoms with van der Waals surface area (Å²) in [4.78, 5) is 36.3. The summed E-state index contributed by atoms with van der Waals surface area (Å²) >= 11 is 0. The first-order chi connectivity index (χ1) is 14.4. The minimum atomic E-state index is -0.887. The van der Waals surface area contributed by atoms with Crippen LogP contribution in [0.4, 0.5) is 0 Å². The van der Waals surface area contributed by atoms with Crippen LogP contribution in [-0.4, -0.2) is 31.1 Å². The molecule has 0 aliphatic rings. The Bertz CT molecular complexity index is 1110. The van der Waals surface area contributed by atoms with Gasteiger partial charge in [0.2, 0.25) is 0 Å². The molecule has 0 saturated carbocycles. The van der Waals surface area contributed by atoms with Crippen molar-refractivity contribution in [2.75, 3.05) is 7.11 Å². The third kappa shape index (κ3) is 5.05. The van der Waals surface area contributed by atoms with Crippen molar-refractivity contribution in [2.24, 2.45) is 0 Å². The number of fused-ring (bicyclic) bond motifs is 1. The van der Waals surface area contributed by atoms with Crippen LogP contribution in [0.15, 0.2) is 63.8 Å². The average molecular weight is 409 g/mol. The van der Waals surface area contributed by atoms with Crippen molar-refractivity contribution >= 4 is 22.8 Å². The maximum absolute atomic E-state index is 12.6. The molecule has 1 amide bonds. The third-order valence-corrected chi connectivity index (χ3v) is 4.69. The van der Waals surface area contributed by atoms with Gasteiger partial charge in [-0.05, 0) is 37.1 Å². The molecule has 3 rings (SSSR count). The number of carbonyl (C=O) groups excluding carboxylic acids is 2. The van der Waals surface area contributed by atoms with Crippen LogP contribution < -0.4 is 15.7 Å². The number of esters is 1. The fourth-order valence-electron chi connectivity index (χ4n) is 3.11. The maximum atomic E-state index is 12.6. The number of rotatable bonds is 7. The summed E-state index contributed by atoms with van der Waals surface area (Å²) in [5.41, 5.74) is 1.61. The summed E-state index contributed by atoms with van der Waals surface area (Å²) < 4.78 is 15.7. The molecule has 7 nitrogen and oxygen atoms in total. The molecule has 3 aromatic rings. The summed E-state index contributed by atoms with van der Waals surface area (Å²) in [5.74, 6) is -0.633. The molecular weight excluding hydrogens is 386 g/mol.